The Hall–Kier alpha value is -6.48. The molecule has 0 unspecified atom stereocenters. The van der Waals surface area contributed by atoms with Gasteiger partial charge in [0.15, 0.2) is 11.5 Å². The summed E-state index contributed by atoms with van der Waals surface area (Å²) in [4.78, 5) is 3.63. The fourth-order valence-corrected chi connectivity index (χ4v) is 7.81. The summed E-state index contributed by atoms with van der Waals surface area (Å²) >= 11 is 0. The first-order chi connectivity index (χ1) is 25.4. The zero-order valence-electron chi connectivity index (χ0n) is 29.5. The highest BCUT2D eigenvalue weighted by atomic mass is 19.1. The van der Waals surface area contributed by atoms with Crippen LogP contribution in [0.5, 0.6) is 28.7 Å². The molecular formula is C44H36F2N2O5. The van der Waals surface area contributed by atoms with Gasteiger partial charge in [0.05, 0.1) is 22.7 Å². The Morgan fingerprint density at radius 3 is 1.72 bits per heavy atom. The van der Waals surface area contributed by atoms with Crippen LogP contribution < -0.4 is 9.80 Å². The van der Waals surface area contributed by atoms with Gasteiger partial charge in [-0.25, -0.2) is 8.78 Å². The van der Waals surface area contributed by atoms with Gasteiger partial charge in [0.1, 0.15) is 23.1 Å². The zero-order valence-corrected chi connectivity index (χ0v) is 29.5. The lowest BCUT2D eigenvalue weighted by molar-refractivity contribution is 0.366. The molecule has 0 spiro atoms. The molecule has 7 aromatic carbocycles. The van der Waals surface area contributed by atoms with E-state index in [1.54, 1.807) is 56.9 Å². The topological polar surface area (TPSA) is 108 Å². The maximum atomic E-state index is 14.3. The second kappa shape index (κ2) is 12.3. The molecule has 0 fully saturated rings. The molecule has 0 heterocycles. The van der Waals surface area contributed by atoms with Crippen LogP contribution in [0.1, 0.15) is 33.4 Å². The van der Waals surface area contributed by atoms with Crippen LogP contribution in [0.2, 0.25) is 0 Å². The quantitative estimate of drug-likeness (QED) is 0.0664. The standard InChI is InChI=1S/C44H36F2N2O5/c1-22-21-36(49)25(4)40(41(22)50)48(31-15-11-29(46)12-16-31)35-20-8-27-5-17-32-34(19-7-26-6-18-33(35)38(27)37(26)32)47(30-13-9-28(45)10-14-30)39-23(2)24(3)42(51)44(53)43(39)52/h5,7-17,19-21,49-53H,6,18H2,1-4H3. The van der Waals surface area contributed by atoms with E-state index in [-0.39, 0.29) is 17.2 Å². The minimum absolute atomic E-state index is 0.00816. The summed E-state index contributed by atoms with van der Waals surface area (Å²) in [5, 5.41) is 59.0. The number of benzene rings is 7. The van der Waals surface area contributed by atoms with Crippen LogP contribution in [-0.4, -0.2) is 25.5 Å². The van der Waals surface area contributed by atoms with Crippen molar-refractivity contribution in [1.29, 1.82) is 0 Å². The highest BCUT2D eigenvalue weighted by Crippen LogP contribution is 2.54. The number of hydrogen-bond donors (Lipinski definition) is 5. The maximum absolute atomic E-state index is 14.3. The molecule has 0 saturated heterocycles. The van der Waals surface area contributed by atoms with Gasteiger partial charge in [0.2, 0.25) is 5.75 Å². The van der Waals surface area contributed by atoms with Gasteiger partial charge in [-0.15, -0.1) is 0 Å². The van der Waals surface area contributed by atoms with Gasteiger partial charge < -0.3 is 35.3 Å². The normalized spacial score (nSPS) is 12.2. The molecule has 1 aliphatic carbocycles. The molecule has 0 radical (unpaired) electrons. The molecule has 9 heteroatoms. The average molecular weight is 711 g/mol. The minimum Gasteiger partial charge on any atom is -0.508 e. The van der Waals surface area contributed by atoms with E-state index in [9.17, 15) is 34.3 Å². The molecule has 0 aliphatic heterocycles. The molecule has 7 nitrogen and oxygen atoms in total. The summed E-state index contributed by atoms with van der Waals surface area (Å²) in [5.41, 5.74) is 7.02. The number of phenols is 5. The largest absolute Gasteiger partial charge is 0.508 e. The molecule has 0 aromatic heterocycles. The van der Waals surface area contributed by atoms with Crippen molar-refractivity contribution in [3.8, 4) is 28.7 Å². The van der Waals surface area contributed by atoms with E-state index in [1.807, 2.05) is 41.3 Å². The second-order valence-electron chi connectivity index (χ2n) is 13.7. The number of nitrogens with zero attached hydrogens (tertiary/aromatic N) is 2. The number of aromatic hydroxyl groups is 5. The van der Waals surface area contributed by atoms with Gasteiger partial charge in [0.25, 0.3) is 0 Å². The van der Waals surface area contributed by atoms with E-state index >= 15 is 0 Å². The van der Waals surface area contributed by atoms with Crippen LogP contribution in [0.15, 0.2) is 91.0 Å². The minimum atomic E-state index is -0.656. The van der Waals surface area contributed by atoms with Crippen molar-refractivity contribution < 1.29 is 34.3 Å². The predicted octanol–water partition coefficient (Wildman–Crippen LogP) is 11.1. The zero-order chi connectivity index (χ0) is 37.5. The molecule has 0 atom stereocenters. The lowest BCUT2D eigenvalue weighted by Gasteiger charge is -2.33. The Balaban J connectivity index is 1.45. The highest BCUT2D eigenvalue weighted by Gasteiger charge is 2.30. The third kappa shape index (κ3) is 5.14. The smallest absolute Gasteiger partial charge is 0.202 e. The van der Waals surface area contributed by atoms with E-state index in [2.05, 4.69) is 0 Å². The molecule has 0 amide bonds. The molecule has 1 aliphatic rings. The van der Waals surface area contributed by atoms with Crippen molar-refractivity contribution in [2.24, 2.45) is 0 Å². The summed E-state index contributed by atoms with van der Waals surface area (Å²) in [7, 11) is 0. The number of phenolic OH excluding ortho intramolecular Hbond substituents is 5. The molecule has 53 heavy (non-hydrogen) atoms. The predicted molar refractivity (Wildman–Crippen MR) is 205 cm³/mol. The van der Waals surface area contributed by atoms with Gasteiger partial charge in [-0.2, -0.15) is 0 Å². The van der Waals surface area contributed by atoms with Crippen LogP contribution in [0.3, 0.4) is 0 Å². The van der Waals surface area contributed by atoms with Crippen molar-refractivity contribution in [1.82, 2.24) is 0 Å². The molecular weight excluding hydrogens is 674 g/mol. The van der Waals surface area contributed by atoms with Gasteiger partial charge in [-0.05, 0) is 151 Å². The lowest BCUT2D eigenvalue weighted by Crippen LogP contribution is -2.17. The summed E-state index contributed by atoms with van der Waals surface area (Å²) in [6.07, 6.45) is 1.31. The average Bonchev–Trinajstić information content (AvgIpc) is 3.16. The Bertz CT molecular complexity index is 2580. The van der Waals surface area contributed by atoms with Crippen LogP contribution in [0.4, 0.5) is 42.9 Å². The first-order valence-electron chi connectivity index (χ1n) is 17.2. The number of rotatable bonds is 6. The third-order valence-electron chi connectivity index (χ3n) is 10.7. The van der Waals surface area contributed by atoms with E-state index in [0.29, 0.717) is 57.8 Å². The van der Waals surface area contributed by atoms with E-state index in [1.165, 1.54) is 30.3 Å². The Morgan fingerprint density at radius 2 is 1.08 bits per heavy atom. The summed E-state index contributed by atoms with van der Waals surface area (Å²) in [6.45, 7) is 6.84. The Morgan fingerprint density at radius 1 is 0.509 bits per heavy atom. The molecule has 266 valence electrons. The monoisotopic (exact) mass is 710 g/mol. The van der Waals surface area contributed by atoms with Crippen LogP contribution >= 0.6 is 0 Å². The number of aryl methyl sites for hydroxylation is 3. The van der Waals surface area contributed by atoms with Crippen molar-refractivity contribution in [2.75, 3.05) is 9.80 Å². The van der Waals surface area contributed by atoms with E-state index < -0.39 is 28.9 Å². The molecule has 8 rings (SSSR count). The molecule has 0 saturated carbocycles. The van der Waals surface area contributed by atoms with Crippen LogP contribution in [0.25, 0.3) is 21.5 Å². The van der Waals surface area contributed by atoms with E-state index in [4.69, 9.17) is 0 Å². The summed E-state index contributed by atoms with van der Waals surface area (Å²) in [5.74, 6) is -2.43. The van der Waals surface area contributed by atoms with Crippen molar-refractivity contribution >= 4 is 55.7 Å². The second-order valence-corrected chi connectivity index (χ2v) is 13.7. The Kier molecular flexibility index (Phi) is 7.83. The highest BCUT2D eigenvalue weighted by molar-refractivity contribution is 6.18. The summed E-state index contributed by atoms with van der Waals surface area (Å²) < 4.78 is 28.6. The summed E-state index contributed by atoms with van der Waals surface area (Å²) in [6, 6.07) is 25.4. The molecule has 7 aromatic rings. The van der Waals surface area contributed by atoms with Crippen LogP contribution in [0, 0.1) is 39.3 Å². The first-order valence-corrected chi connectivity index (χ1v) is 17.2. The number of halogens is 2. The number of anilines is 6. The van der Waals surface area contributed by atoms with Gasteiger partial charge in [-0.3, -0.25) is 0 Å². The van der Waals surface area contributed by atoms with Gasteiger partial charge in [0, 0.05) is 22.3 Å². The first kappa shape index (κ1) is 33.7. The molecule has 0 bridgehead atoms. The fraction of sp³-hybridized carbons (Fsp3) is 0.136. The maximum Gasteiger partial charge on any atom is 0.202 e. The lowest BCUT2D eigenvalue weighted by atomic mass is 9.84. The van der Waals surface area contributed by atoms with Gasteiger partial charge >= 0.3 is 0 Å². The Labute approximate surface area is 304 Å². The van der Waals surface area contributed by atoms with E-state index in [0.717, 1.165) is 38.4 Å². The van der Waals surface area contributed by atoms with Crippen molar-refractivity contribution in [3.05, 3.63) is 136 Å². The third-order valence-corrected chi connectivity index (χ3v) is 10.7. The number of hydrogen-bond acceptors (Lipinski definition) is 7. The fourth-order valence-electron chi connectivity index (χ4n) is 7.81. The molecule has 5 N–H and O–H groups in total. The van der Waals surface area contributed by atoms with Crippen molar-refractivity contribution in [3.63, 3.8) is 0 Å². The van der Waals surface area contributed by atoms with Gasteiger partial charge in [-0.1, -0.05) is 24.3 Å². The van der Waals surface area contributed by atoms with Crippen molar-refractivity contribution in [2.45, 2.75) is 40.5 Å². The SMILES string of the molecule is Cc1cc(O)c(C)c(N(c2ccc(F)cc2)c2ccc3ccc4c(N(c5ccc(F)cc5)c5c(C)c(C)c(O)c(O)c5O)ccc5c4c3c2CC5)c1O. The van der Waals surface area contributed by atoms with Crippen LogP contribution in [-0.2, 0) is 12.8 Å².